The quantitative estimate of drug-likeness (QED) is 0.593. The lowest BCUT2D eigenvalue weighted by Gasteiger charge is -2.12. The summed E-state index contributed by atoms with van der Waals surface area (Å²) in [5, 5.41) is 10.4. The van der Waals surface area contributed by atoms with Gasteiger partial charge >= 0.3 is 0 Å². The van der Waals surface area contributed by atoms with Gasteiger partial charge in [0, 0.05) is 26.0 Å². The normalized spacial score (nSPS) is 9.50. The van der Waals surface area contributed by atoms with E-state index in [1.807, 2.05) is 14.1 Å². The number of rotatable bonds is 2. The highest BCUT2D eigenvalue weighted by Crippen LogP contribution is 2.09. The molecule has 1 rings (SSSR count). The fourth-order valence-electron chi connectivity index (χ4n) is 0.809. The van der Waals surface area contributed by atoms with E-state index in [4.69, 9.17) is 0 Å². The molecular weight excluding hydrogens is 156 g/mol. The van der Waals surface area contributed by atoms with Crippen LogP contribution in [0.4, 0.5) is 5.69 Å². The summed E-state index contributed by atoms with van der Waals surface area (Å²) >= 11 is 0. The molecule has 0 aromatic carbocycles. The number of carbonyl (C=O) groups excluding carboxylic acids is 1. The van der Waals surface area contributed by atoms with Crippen molar-refractivity contribution >= 4 is 11.7 Å². The second-order valence-electron chi connectivity index (χ2n) is 2.58. The monoisotopic (exact) mass is 165 g/mol. The van der Waals surface area contributed by atoms with E-state index in [1.165, 1.54) is 12.3 Å². The number of carboxylic acids is 1. The van der Waals surface area contributed by atoms with Gasteiger partial charge in [0.05, 0.1) is 11.7 Å². The van der Waals surface area contributed by atoms with Gasteiger partial charge in [-0.2, -0.15) is 0 Å². The Balaban J connectivity index is 3.04. The Bertz CT molecular complexity index is 297. The van der Waals surface area contributed by atoms with Gasteiger partial charge in [0.1, 0.15) is 0 Å². The van der Waals surface area contributed by atoms with Gasteiger partial charge in [-0.1, -0.05) is 0 Å². The number of hydrogen-bond donors (Lipinski definition) is 0. The van der Waals surface area contributed by atoms with Crippen LogP contribution >= 0.6 is 0 Å². The molecule has 0 aliphatic heterocycles. The summed E-state index contributed by atoms with van der Waals surface area (Å²) in [7, 11) is 3.66. The first-order chi connectivity index (χ1) is 5.61. The number of carboxylic acid groups (broad SMARTS) is 1. The molecule has 0 saturated heterocycles. The van der Waals surface area contributed by atoms with Crippen LogP contribution in [0, 0.1) is 0 Å². The standard InChI is InChI=1S/C8H10N2O2/c1-10(2)6-3-4-9-7(5-6)8(11)12/h3-5H,1-2H3,(H,11,12)/p-1. The molecule has 0 aliphatic rings. The summed E-state index contributed by atoms with van der Waals surface area (Å²) in [6.07, 6.45) is 1.44. The highest BCUT2D eigenvalue weighted by Gasteiger charge is 1.98. The van der Waals surface area contributed by atoms with E-state index < -0.39 is 5.97 Å². The Morgan fingerprint density at radius 3 is 2.75 bits per heavy atom. The molecule has 0 spiro atoms. The zero-order valence-corrected chi connectivity index (χ0v) is 6.94. The molecule has 0 unspecified atom stereocenters. The first-order valence-corrected chi connectivity index (χ1v) is 3.46. The molecule has 0 amide bonds. The third-order valence-electron chi connectivity index (χ3n) is 1.47. The van der Waals surface area contributed by atoms with E-state index in [2.05, 4.69) is 4.98 Å². The number of carbonyl (C=O) groups is 1. The lowest BCUT2D eigenvalue weighted by molar-refractivity contribution is -0.255. The molecule has 0 bridgehead atoms. The third kappa shape index (κ3) is 1.72. The zero-order chi connectivity index (χ0) is 9.14. The van der Waals surface area contributed by atoms with Crippen LogP contribution in [0.5, 0.6) is 0 Å². The predicted molar refractivity (Wildman–Crippen MR) is 42.9 cm³/mol. The van der Waals surface area contributed by atoms with E-state index in [0.717, 1.165) is 5.69 Å². The lowest BCUT2D eigenvalue weighted by Crippen LogP contribution is -2.24. The van der Waals surface area contributed by atoms with Gasteiger partial charge in [0.2, 0.25) is 0 Å². The number of hydrogen-bond acceptors (Lipinski definition) is 4. The minimum atomic E-state index is -1.25. The molecule has 0 saturated carbocycles. The maximum absolute atomic E-state index is 10.4. The zero-order valence-electron chi connectivity index (χ0n) is 6.94. The van der Waals surface area contributed by atoms with Crippen LogP contribution in [0.3, 0.4) is 0 Å². The van der Waals surface area contributed by atoms with Crippen molar-refractivity contribution in [3.05, 3.63) is 24.0 Å². The number of anilines is 1. The van der Waals surface area contributed by atoms with Crippen molar-refractivity contribution in [2.75, 3.05) is 19.0 Å². The van der Waals surface area contributed by atoms with E-state index in [-0.39, 0.29) is 5.69 Å². The SMILES string of the molecule is CN(C)c1ccnc(C(=O)[O-])c1. The second-order valence-corrected chi connectivity index (χ2v) is 2.58. The van der Waals surface area contributed by atoms with Crippen LogP contribution in [-0.4, -0.2) is 25.0 Å². The van der Waals surface area contributed by atoms with Crippen molar-refractivity contribution in [3.63, 3.8) is 0 Å². The molecule has 0 atom stereocenters. The Kier molecular flexibility index (Phi) is 2.28. The van der Waals surface area contributed by atoms with Crippen molar-refractivity contribution in [3.8, 4) is 0 Å². The molecule has 64 valence electrons. The molecule has 0 radical (unpaired) electrons. The van der Waals surface area contributed by atoms with Crippen LogP contribution in [0.25, 0.3) is 0 Å². The smallest absolute Gasteiger partial charge is 0.0900 e. The van der Waals surface area contributed by atoms with Crippen molar-refractivity contribution < 1.29 is 9.90 Å². The Labute approximate surface area is 70.5 Å². The van der Waals surface area contributed by atoms with Gasteiger partial charge in [-0.25, -0.2) is 0 Å². The molecule has 0 N–H and O–H groups in total. The van der Waals surface area contributed by atoms with Gasteiger partial charge in [-0.05, 0) is 12.1 Å². The first-order valence-electron chi connectivity index (χ1n) is 3.46. The van der Waals surface area contributed by atoms with Gasteiger partial charge in [-0.15, -0.1) is 0 Å². The lowest BCUT2D eigenvalue weighted by atomic mass is 10.3. The predicted octanol–water partition coefficient (Wildman–Crippen LogP) is -0.489. The van der Waals surface area contributed by atoms with Crippen LogP contribution in [-0.2, 0) is 0 Å². The molecule has 1 heterocycles. The van der Waals surface area contributed by atoms with Crippen LogP contribution in [0.15, 0.2) is 18.3 Å². The van der Waals surface area contributed by atoms with E-state index in [1.54, 1.807) is 11.0 Å². The van der Waals surface area contributed by atoms with Crippen molar-refractivity contribution in [2.45, 2.75) is 0 Å². The Morgan fingerprint density at radius 1 is 1.58 bits per heavy atom. The fraction of sp³-hybridized carbons (Fsp3) is 0.250. The highest BCUT2D eigenvalue weighted by molar-refractivity contribution is 5.84. The van der Waals surface area contributed by atoms with Gasteiger partial charge in [0.15, 0.2) is 0 Å². The second kappa shape index (κ2) is 3.21. The molecule has 1 aromatic heterocycles. The summed E-state index contributed by atoms with van der Waals surface area (Å²) in [5.74, 6) is -1.25. The minimum absolute atomic E-state index is 0.0406. The molecule has 0 fully saturated rings. The van der Waals surface area contributed by atoms with Gasteiger partial charge in [-0.3, -0.25) is 4.98 Å². The third-order valence-corrected chi connectivity index (χ3v) is 1.47. The number of aromatic carboxylic acids is 1. The van der Waals surface area contributed by atoms with Gasteiger partial charge in [0.25, 0.3) is 0 Å². The number of nitrogens with zero attached hydrogens (tertiary/aromatic N) is 2. The van der Waals surface area contributed by atoms with E-state index >= 15 is 0 Å². The number of pyridine rings is 1. The number of aromatic nitrogens is 1. The summed E-state index contributed by atoms with van der Waals surface area (Å²) in [5.41, 5.74) is 0.755. The highest BCUT2D eigenvalue weighted by atomic mass is 16.4. The van der Waals surface area contributed by atoms with Gasteiger partial charge < -0.3 is 14.8 Å². The van der Waals surface area contributed by atoms with E-state index in [9.17, 15) is 9.90 Å². The van der Waals surface area contributed by atoms with Crippen molar-refractivity contribution in [1.29, 1.82) is 0 Å². The molecule has 12 heavy (non-hydrogen) atoms. The molecule has 4 heteroatoms. The van der Waals surface area contributed by atoms with Crippen molar-refractivity contribution in [1.82, 2.24) is 4.98 Å². The van der Waals surface area contributed by atoms with Crippen molar-refractivity contribution in [2.24, 2.45) is 0 Å². The molecule has 1 aromatic rings. The minimum Gasteiger partial charge on any atom is -0.543 e. The Morgan fingerprint density at radius 2 is 2.25 bits per heavy atom. The van der Waals surface area contributed by atoms with Crippen LogP contribution in [0.2, 0.25) is 0 Å². The average Bonchev–Trinajstić information content (AvgIpc) is 2.04. The van der Waals surface area contributed by atoms with Crippen LogP contribution < -0.4 is 10.0 Å². The fourth-order valence-corrected chi connectivity index (χ4v) is 0.809. The maximum Gasteiger partial charge on any atom is 0.0900 e. The summed E-state index contributed by atoms with van der Waals surface area (Å²) in [4.78, 5) is 15.8. The molecule has 0 aliphatic carbocycles. The van der Waals surface area contributed by atoms with Crippen LogP contribution in [0.1, 0.15) is 10.5 Å². The summed E-state index contributed by atoms with van der Waals surface area (Å²) in [6, 6.07) is 3.20. The Hall–Kier alpha value is -1.58. The summed E-state index contributed by atoms with van der Waals surface area (Å²) < 4.78 is 0. The summed E-state index contributed by atoms with van der Waals surface area (Å²) in [6.45, 7) is 0. The molecule has 4 nitrogen and oxygen atoms in total. The average molecular weight is 165 g/mol. The van der Waals surface area contributed by atoms with E-state index in [0.29, 0.717) is 0 Å². The topological polar surface area (TPSA) is 56.3 Å². The molecular formula is C8H9N2O2-. The largest absolute Gasteiger partial charge is 0.543 e. The maximum atomic E-state index is 10.4. The first kappa shape index (κ1) is 8.52.